The highest BCUT2D eigenvalue weighted by molar-refractivity contribution is 7.92. The normalized spacial score (nSPS) is 14.6. The molecule has 0 atom stereocenters. The third-order valence-corrected chi connectivity index (χ3v) is 8.24. The van der Waals surface area contributed by atoms with Gasteiger partial charge in [0.25, 0.3) is 0 Å². The summed E-state index contributed by atoms with van der Waals surface area (Å²) in [5.74, 6) is 1.03. The minimum absolute atomic E-state index is 0.0914. The van der Waals surface area contributed by atoms with Crippen molar-refractivity contribution in [1.82, 2.24) is 9.88 Å². The lowest BCUT2D eigenvalue weighted by molar-refractivity contribution is 0.199. The average Bonchev–Trinajstić information content (AvgIpc) is 3.62. The molecule has 5 rings (SSSR count). The molecule has 2 N–H and O–H groups in total. The summed E-state index contributed by atoms with van der Waals surface area (Å²) >= 11 is 3.15. The van der Waals surface area contributed by atoms with Gasteiger partial charge in [-0.05, 0) is 65.6 Å². The SMILES string of the molecule is CS(=O)(=O)Nc1ccc(Oc2ccc(CN3CCC(N(C(=O)Nc4ccsc4)c4ccsc4)CC3)cn2)cc1. The molecule has 1 aromatic carbocycles. The number of sulfonamides is 1. The van der Waals surface area contributed by atoms with E-state index in [9.17, 15) is 13.2 Å². The number of benzene rings is 1. The lowest BCUT2D eigenvalue weighted by Crippen LogP contribution is -2.48. The van der Waals surface area contributed by atoms with E-state index in [1.54, 1.807) is 46.9 Å². The second-order valence-corrected chi connectivity index (χ2v) is 12.6. The van der Waals surface area contributed by atoms with Crippen LogP contribution >= 0.6 is 22.7 Å². The molecule has 39 heavy (non-hydrogen) atoms. The minimum Gasteiger partial charge on any atom is -0.439 e. The molecule has 0 radical (unpaired) electrons. The number of anilines is 3. The number of aromatic nitrogens is 1. The zero-order valence-electron chi connectivity index (χ0n) is 21.3. The summed E-state index contributed by atoms with van der Waals surface area (Å²) in [5, 5.41) is 10.9. The topological polar surface area (TPSA) is 104 Å². The number of piperidine rings is 1. The third kappa shape index (κ3) is 7.57. The molecule has 0 aliphatic carbocycles. The number of likely N-dealkylation sites (tertiary alicyclic amines) is 1. The summed E-state index contributed by atoms with van der Waals surface area (Å²) in [7, 11) is -3.32. The van der Waals surface area contributed by atoms with E-state index >= 15 is 0 Å². The fourth-order valence-corrected chi connectivity index (χ4v) is 6.27. The van der Waals surface area contributed by atoms with E-state index in [1.165, 1.54) is 0 Å². The summed E-state index contributed by atoms with van der Waals surface area (Å²) in [6, 6.07) is 14.4. The molecule has 4 aromatic rings. The molecular formula is C27H29N5O4S3. The Balaban J connectivity index is 1.14. The van der Waals surface area contributed by atoms with Gasteiger partial charge >= 0.3 is 6.03 Å². The maximum atomic E-state index is 13.2. The Morgan fingerprint density at radius 2 is 1.77 bits per heavy atom. The number of rotatable bonds is 9. The van der Waals surface area contributed by atoms with Crippen molar-refractivity contribution in [2.75, 3.05) is 34.3 Å². The maximum absolute atomic E-state index is 13.2. The number of thiophene rings is 2. The number of pyridine rings is 1. The van der Waals surface area contributed by atoms with E-state index < -0.39 is 10.0 Å². The standard InChI is InChI=1S/C27H29N5O4S3/c1-39(34,35)30-21-3-5-25(6-4-21)36-26-7-2-20(16-28-26)17-31-12-8-23(9-13-31)32(24-11-15-38-19-24)27(33)29-22-10-14-37-18-22/h2-7,10-11,14-16,18-19,23,30H,8-9,12-13,17H2,1H3,(H,29,33). The van der Waals surface area contributed by atoms with Crippen LogP contribution in [0.25, 0.3) is 0 Å². The monoisotopic (exact) mass is 583 g/mol. The van der Waals surface area contributed by atoms with Crippen molar-refractivity contribution in [2.24, 2.45) is 0 Å². The van der Waals surface area contributed by atoms with Gasteiger partial charge in [-0.1, -0.05) is 6.07 Å². The summed E-state index contributed by atoms with van der Waals surface area (Å²) < 4.78 is 30.9. The number of amides is 2. The summed E-state index contributed by atoms with van der Waals surface area (Å²) in [6.45, 7) is 2.53. The zero-order valence-corrected chi connectivity index (χ0v) is 23.8. The summed E-state index contributed by atoms with van der Waals surface area (Å²) in [6.07, 6.45) is 4.68. The van der Waals surface area contributed by atoms with Crippen LogP contribution in [0.2, 0.25) is 0 Å². The second kappa shape index (κ2) is 12.2. The first-order valence-corrected chi connectivity index (χ1v) is 16.2. The number of urea groups is 1. The van der Waals surface area contributed by atoms with Crippen LogP contribution in [0.15, 0.2) is 76.2 Å². The van der Waals surface area contributed by atoms with E-state index in [0.29, 0.717) is 17.3 Å². The molecular weight excluding hydrogens is 555 g/mol. The van der Waals surface area contributed by atoms with Crippen LogP contribution in [0.4, 0.5) is 21.9 Å². The van der Waals surface area contributed by atoms with Crippen molar-refractivity contribution in [1.29, 1.82) is 0 Å². The van der Waals surface area contributed by atoms with Crippen LogP contribution in [0.5, 0.6) is 11.6 Å². The molecule has 0 unspecified atom stereocenters. The lowest BCUT2D eigenvalue weighted by atomic mass is 10.0. The Morgan fingerprint density at radius 3 is 2.38 bits per heavy atom. The van der Waals surface area contributed by atoms with Crippen molar-refractivity contribution in [3.63, 3.8) is 0 Å². The maximum Gasteiger partial charge on any atom is 0.326 e. The number of hydrogen-bond donors (Lipinski definition) is 2. The zero-order chi connectivity index (χ0) is 27.2. The Labute approximate surface area is 236 Å². The second-order valence-electron chi connectivity index (χ2n) is 9.31. The van der Waals surface area contributed by atoms with E-state index in [2.05, 4.69) is 19.9 Å². The van der Waals surface area contributed by atoms with Crippen LogP contribution in [-0.2, 0) is 16.6 Å². The highest BCUT2D eigenvalue weighted by Crippen LogP contribution is 2.28. The predicted molar refractivity (Wildman–Crippen MR) is 158 cm³/mol. The molecule has 0 saturated carbocycles. The third-order valence-electron chi connectivity index (χ3n) is 6.28. The lowest BCUT2D eigenvalue weighted by Gasteiger charge is -2.38. The van der Waals surface area contributed by atoms with Crippen molar-refractivity contribution in [3.05, 3.63) is 81.8 Å². The van der Waals surface area contributed by atoms with Gasteiger partial charge in [-0.25, -0.2) is 18.2 Å². The van der Waals surface area contributed by atoms with Crippen molar-refractivity contribution >= 4 is 55.8 Å². The van der Waals surface area contributed by atoms with E-state index in [-0.39, 0.29) is 12.1 Å². The number of hydrogen-bond acceptors (Lipinski definition) is 8. The van der Waals surface area contributed by atoms with Crippen LogP contribution in [0.1, 0.15) is 18.4 Å². The van der Waals surface area contributed by atoms with E-state index in [4.69, 9.17) is 4.74 Å². The van der Waals surface area contributed by atoms with Crippen molar-refractivity contribution in [3.8, 4) is 11.6 Å². The molecule has 204 valence electrons. The number of nitrogens with one attached hydrogen (secondary N) is 2. The Hall–Kier alpha value is -3.45. The highest BCUT2D eigenvalue weighted by atomic mass is 32.2. The molecule has 1 aliphatic rings. The molecule has 0 spiro atoms. The van der Waals surface area contributed by atoms with Crippen LogP contribution in [0.3, 0.4) is 0 Å². The Morgan fingerprint density at radius 1 is 1.03 bits per heavy atom. The Bertz CT molecular complexity index is 1450. The molecule has 2 amide bonds. The first-order valence-electron chi connectivity index (χ1n) is 12.4. The quantitative estimate of drug-likeness (QED) is 0.248. The van der Waals surface area contributed by atoms with Gasteiger partial charge in [-0.15, -0.1) is 0 Å². The first kappa shape index (κ1) is 27.1. The van der Waals surface area contributed by atoms with Gasteiger partial charge in [0, 0.05) is 54.4 Å². The van der Waals surface area contributed by atoms with Gasteiger partial charge in [-0.2, -0.15) is 22.7 Å². The number of nitrogens with zero attached hydrogens (tertiary/aromatic N) is 3. The molecule has 0 bridgehead atoms. The Kier molecular flexibility index (Phi) is 8.46. The van der Waals surface area contributed by atoms with Crippen molar-refractivity contribution < 1.29 is 17.9 Å². The van der Waals surface area contributed by atoms with Crippen LogP contribution in [0, 0.1) is 0 Å². The molecule has 9 nitrogen and oxygen atoms in total. The summed E-state index contributed by atoms with van der Waals surface area (Å²) in [4.78, 5) is 21.9. The van der Waals surface area contributed by atoms with Crippen molar-refractivity contribution in [2.45, 2.75) is 25.4 Å². The van der Waals surface area contributed by atoms with E-state index in [0.717, 1.165) is 55.7 Å². The molecule has 1 saturated heterocycles. The molecule has 4 heterocycles. The minimum atomic E-state index is -3.32. The van der Waals surface area contributed by atoms with Gasteiger partial charge in [0.05, 0.1) is 17.6 Å². The fourth-order valence-electron chi connectivity index (χ4n) is 4.49. The van der Waals surface area contributed by atoms with E-state index in [1.807, 2.05) is 56.9 Å². The smallest absolute Gasteiger partial charge is 0.326 e. The van der Waals surface area contributed by atoms with Crippen LogP contribution in [-0.4, -0.2) is 49.7 Å². The molecule has 12 heteroatoms. The number of carbonyl (C=O) groups is 1. The predicted octanol–water partition coefficient (Wildman–Crippen LogP) is 6.07. The molecule has 1 fully saturated rings. The van der Waals surface area contributed by atoms with Gasteiger partial charge in [-0.3, -0.25) is 14.5 Å². The highest BCUT2D eigenvalue weighted by Gasteiger charge is 2.29. The molecule has 1 aliphatic heterocycles. The first-order chi connectivity index (χ1) is 18.8. The average molecular weight is 584 g/mol. The number of ether oxygens (including phenoxy) is 1. The van der Waals surface area contributed by atoms with Gasteiger partial charge < -0.3 is 10.1 Å². The largest absolute Gasteiger partial charge is 0.439 e. The molecule has 3 aromatic heterocycles. The van der Waals surface area contributed by atoms with Gasteiger partial charge in [0.1, 0.15) is 5.75 Å². The fraction of sp³-hybridized carbons (Fsp3) is 0.259. The van der Waals surface area contributed by atoms with Crippen LogP contribution < -0.4 is 19.7 Å². The van der Waals surface area contributed by atoms with Gasteiger partial charge in [0.2, 0.25) is 15.9 Å². The van der Waals surface area contributed by atoms with Gasteiger partial charge in [0.15, 0.2) is 0 Å². The summed E-state index contributed by atoms with van der Waals surface area (Å²) in [5.41, 5.74) is 3.31. The number of carbonyl (C=O) groups excluding carboxylic acids is 1.